The molecule has 0 unspecified atom stereocenters. The van der Waals surface area contributed by atoms with Gasteiger partial charge in [0.2, 0.25) is 0 Å². The molecule has 1 aliphatic rings. The smallest absolute Gasteiger partial charge is 0.119 e. The van der Waals surface area contributed by atoms with Gasteiger partial charge in [-0.2, -0.15) is 0 Å². The van der Waals surface area contributed by atoms with E-state index in [0.717, 1.165) is 17.1 Å². The van der Waals surface area contributed by atoms with Gasteiger partial charge in [0.15, 0.2) is 0 Å². The molecule has 0 saturated heterocycles. The van der Waals surface area contributed by atoms with Crippen LogP contribution in [0.2, 0.25) is 0 Å². The summed E-state index contributed by atoms with van der Waals surface area (Å²) in [6.07, 6.45) is 3.69. The highest BCUT2D eigenvalue weighted by Crippen LogP contribution is 2.38. The quantitative estimate of drug-likeness (QED) is 0.911. The lowest BCUT2D eigenvalue weighted by molar-refractivity contribution is 0.400. The Morgan fingerprint density at radius 3 is 2.58 bits per heavy atom. The highest BCUT2D eigenvalue weighted by atomic mass is 16.5. The zero-order valence-electron chi connectivity index (χ0n) is 11.0. The highest BCUT2D eigenvalue weighted by Gasteiger charge is 2.27. The Bertz CT molecular complexity index is 557. The summed E-state index contributed by atoms with van der Waals surface area (Å²) >= 11 is 0. The van der Waals surface area contributed by atoms with Crippen LogP contribution in [0.3, 0.4) is 0 Å². The van der Waals surface area contributed by atoms with E-state index < -0.39 is 0 Å². The van der Waals surface area contributed by atoms with Crippen LogP contribution in [0.4, 0.5) is 0 Å². The van der Waals surface area contributed by atoms with Gasteiger partial charge < -0.3 is 10.5 Å². The molecular weight excluding hydrogens is 240 g/mol. The van der Waals surface area contributed by atoms with Gasteiger partial charge in [0.05, 0.1) is 18.5 Å². The van der Waals surface area contributed by atoms with Crippen LogP contribution in [0.5, 0.6) is 5.75 Å². The lowest BCUT2D eigenvalue weighted by Gasteiger charge is -2.26. The molecule has 0 bridgehead atoms. The molecule has 1 aliphatic carbocycles. The number of aromatic nitrogens is 3. The number of benzene rings is 1. The molecule has 1 aromatic heterocycles. The molecule has 5 heteroatoms. The Morgan fingerprint density at radius 1 is 1.32 bits per heavy atom. The molecule has 1 saturated carbocycles. The van der Waals surface area contributed by atoms with E-state index in [-0.39, 0.29) is 0 Å². The molecule has 0 atom stereocenters. The molecule has 3 rings (SSSR count). The molecule has 2 aromatic rings. The highest BCUT2D eigenvalue weighted by molar-refractivity contribution is 5.39. The van der Waals surface area contributed by atoms with Crippen LogP contribution in [0, 0.1) is 0 Å². The second kappa shape index (κ2) is 5.01. The Balaban J connectivity index is 2.00. The second-order valence-corrected chi connectivity index (χ2v) is 4.86. The fourth-order valence-electron chi connectivity index (χ4n) is 2.47. The summed E-state index contributed by atoms with van der Waals surface area (Å²) < 4.78 is 7.10. The monoisotopic (exact) mass is 258 g/mol. The summed E-state index contributed by atoms with van der Waals surface area (Å²) in [5.41, 5.74) is 8.87. The molecule has 1 heterocycles. The third-order valence-electron chi connectivity index (χ3n) is 3.78. The first kappa shape index (κ1) is 12.2. The van der Waals surface area contributed by atoms with Gasteiger partial charge in [0.1, 0.15) is 11.4 Å². The minimum absolute atomic E-state index is 0.446. The summed E-state index contributed by atoms with van der Waals surface area (Å²) in [7, 11) is 1.66. The average Bonchev–Trinajstić information content (AvgIpc) is 2.80. The number of hydrogen-bond acceptors (Lipinski definition) is 4. The minimum Gasteiger partial charge on any atom is -0.497 e. The third-order valence-corrected chi connectivity index (χ3v) is 3.78. The molecule has 2 N–H and O–H groups in total. The first-order valence-corrected chi connectivity index (χ1v) is 6.62. The molecular formula is C14H18N4O. The number of nitrogens with two attached hydrogens (primary N) is 1. The number of rotatable bonds is 4. The molecule has 5 nitrogen and oxygen atoms in total. The van der Waals surface area contributed by atoms with Crippen LogP contribution in [0.1, 0.15) is 36.6 Å². The van der Waals surface area contributed by atoms with E-state index in [2.05, 4.69) is 10.3 Å². The van der Waals surface area contributed by atoms with Crippen molar-refractivity contribution in [1.29, 1.82) is 0 Å². The summed E-state index contributed by atoms with van der Waals surface area (Å²) in [5.74, 6) is 1.39. The summed E-state index contributed by atoms with van der Waals surface area (Å²) in [6, 6.07) is 7.86. The first-order chi connectivity index (χ1) is 9.33. The van der Waals surface area contributed by atoms with E-state index in [9.17, 15) is 0 Å². The summed E-state index contributed by atoms with van der Waals surface area (Å²) in [4.78, 5) is 0. The van der Waals surface area contributed by atoms with Crippen molar-refractivity contribution in [3.05, 3.63) is 35.7 Å². The lowest BCUT2D eigenvalue weighted by atomic mass is 9.82. The van der Waals surface area contributed by atoms with Crippen LogP contribution in [0.15, 0.2) is 24.3 Å². The van der Waals surface area contributed by atoms with Gasteiger partial charge in [-0.1, -0.05) is 11.6 Å². The molecule has 19 heavy (non-hydrogen) atoms. The van der Waals surface area contributed by atoms with Gasteiger partial charge >= 0.3 is 0 Å². The summed E-state index contributed by atoms with van der Waals surface area (Å²) in [5, 5.41) is 8.47. The van der Waals surface area contributed by atoms with Gasteiger partial charge in [-0.15, -0.1) is 5.10 Å². The van der Waals surface area contributed by atoms with Gasteiger partial charge in [0.25, 0.3) is 0 Å². The number of ether oxygens (including phenoxy) is 1. The van der Waals surface area contributed by atoms with E-state index in [1.807, 2.05) is 28.9 Å². The zero-order valence-corrected chi connectivity index (χ0v) is 11.0. The molecule has 0 spiro atoms. The Hall–Kier alpha value is -1.88. The molecule has 0 aliphatic heterocycles. The zero-order chi connectivity index (χ0) is 13.2. The molecule has 0 radical (unpaired) electrons. The largest absolute Gasteiger partial charge is 0.497 e. The Morgan fingerprint density at radius 2 is 2.05 bits per heavy atom. The van der Waals surface area contributed by atoms with Crippen LogP contribution in [0.25, 0.3) is 5.69 Å². The standard InChI is InChI=1S/C14H18N4O/c1-19-12-7-5-11(6-8-12)18-14(10-3-2-4-10)13(9-15)16-17-18/h5-8,10H,2-4,9,15H2,1H3. The normalized spacial score (nSPS) is 15.3. The minimum atomic E-state index is 0.446. The first-order valence-electron chi connectivity index (χ1n) is 6.62. The van der Waals surface area contributed by atoms with Crippen molar-refractivity contribution in [3.8, 4) is 11.4 Å². The van der Waals surface area contributed by atoms with Crippen LogP contribution >= 0.6 is 0 Å². The molecule has 1 aromatic carbocycles. The predicted molar refractivity (Wildman–Crippen MR) is 72.4 cm³/mol. The topological polar surface area (TPSA) is 66.0 Å². The van der Waals surface area contributed by atoms with Crippen molar-refractivity contribution in [2.24, 2.45) is 5.73 Å². The SMILES string of the molecule is COc1ccc(-n2nnc(CN)c2C2CCC2)cc1. The fourth-order valence-corrected chi connectivity index (χ4v) is 2.47. The van der Waals surface area contributed by atoms with Crippen molar-refractivity contribution in [2.45, 2.75) is 31.7 Å². The van der Waals surface area contributed by atoms with Crippen molar-refractivity contribution in [3.63, 3.8) is 0 Å². The maximum atomic E-state index is 5.77. The molecule has 0 amide bonds. The molecule has 100 valence electrons. The van der Waals surface area contributed by atoms with Crippen molar-refractivity contribution >= 4 is 0 Å². The van der Waals surface area contributed by atoms with Crippen LogP contribution in [-0.4, -0.2) is 22.1 Å². The Kier molecular flexibility index (Phi) is 3.21. The van der Waals surface area contributed by atoms with Crippen molar-refractivity contribution < 1.29 is 4.74 Å². The second-order valence-electron chi connectivity index (χ2n) is 4.86. The van der Waals surface area contributed by atoms with Crippen LogP contribution in [-0.2, 0) is 6.54 Å². The van der Waals surface area contributed by atoms with E-state index in [1.165, 1.54) is 25.0 Å². The maximum absolute atomic E-state index is 5.77. The van der Waals surface area contributed by atoms with Gasteiger partial charge in [-0.25, -0.2) is 4.68 Å². The van der Waals surface area contributed by atoms with E-state index >= 15 is 0 Å². The van der Waals surface area contributed by atoms with Crippen molar-refractivity contribution in [2.75, 3.05) is 7.11 Å². The molecule has 1 fully saturated rings. The van der Waals surface area contributed by atoms with E-state index in [1.54, 1.807) is 7.11 Å². The number of hydrogen-bond donors (Lipinski definition) is 1. The predicted octanol–water partition coefficient (Wildman–Crippen LogP) is 2.00. The third kappa shape index (κ3) is 2.10. The van der Waals surface area contributed by atoms with Gasteiger partial charge in [0, 0.05) is 12.5 Å². The lowest BCUT2D eigenvalue weighted by Crippen LogP contribution is -2.17. The van der Waals surface area contributed by atoms with Gasteiger partial charge in [-0.05, 0) is 37.1 Å². The van der Waals surface area contributed by atoms with Gasteiger partial charge in [-0.3, -0.25) is 0 Å². The average molecular weight is 258 g/mol. The Labute approximate surface area is 112 Å². The number of nitrogens with zero attached hydrogens (tertiary/aromatic N) is 3. The van der Waals surface area contributed by atoms with Crippen molar-refractivity contribution in [1.82, 2.24) is 15.0 Å². The van der Waals surface area contributed by atoms with E-state index in [4.69, 9.17) is 10.5 Å². The number of methoxy groups -OCH3 is 1. The fraction of sp³-hybridized carbons (Fsp3) is 0.429. The summed E-state index contributed by atoms with van der Waals surface area (Å²) in [6.45, 7) is 0.446. The van der Waals surface area contributed by atoms with Crippen LogP contribution < -0.4 is 10.5 Å². The maximum Gasteiger partial charge on any atom is 0.119 e. The van der Waals surface area contributed by atoms with E-state index in [0.29, 0.717) is 12.5 Å².